The largest absolute Gasteiger partial charge is 0.459 e. The zero-order valence-corrected chi connectivity index (χ0v) is 12.0. The minimum Gasteiger partial charge on any atom is -0.459 e. The van der Waals surface area contributed by atoms with Gasteiger partial charge in [0.25, 0.3) is 0 Å². The summed E-state index contributed by atoms with van der Waals surface area (Å²) in [5.41, 5.74) is 0.499. The smallest absolute Gasteiger partial charge is 0.211 e. The summed E-state index contributed by atoms with van der Waals surface area (Å²) in [5, 5.41) is 0.794. The molecule has 0 aliphatic heterocycles. The summed E-state index contributed by atoms with van der Waals surface area (Å²) in [6, 6.07) is 7.26. The molecule has 2 nitrogen and oxygen atoms in total. The SMILES string of the molecule is O=c1c(Cl)c(CCC2C=CCCC2)oc2ccccc12. The summed E-state index contributed by atoms with van der Waals surface area (Å²) in [6.45, 7) is 0. The Kier molecular flexibility index (Phi) is 3.93. The lowest BCUT2D eigenvalue weighted by molar-refractivity contribution is 0.463. The van der Waals surface area contributed by atoms with Crippen LogP contribution in [0.25, 0.3) is 11.0 Å². The number of benzene rings is 1. The molecule has 1 heterocycles. The molecule has 0 radical (unpaired) electrons. The number of hydrogen-bond acceptors (Lipinski definition) is 2. The highest BCUT2D eigenvalue weighted by Gasteiger charge is 2.15. The molecule has 1 atom stereocenters. The van der Waals surface area contributed by atoms with Gasteiger partial charge in [-0.1, -0.05) is 35.9 Å². The van der Waals surface area contributed by atoms with Crippen LogP contribution >= 0.6 is 11.6 Å². The van der Waals surface area contributed by atoms with Gasteiger partial charge < -0.3 is 4.42 Å². The van der Waals surface area contributed by atoms with E-state index in [-0.39, 0.29) is 10.5 Å². The van der Waals surface area contributed by atoms with Crippen LogP contribution in [0.3, 0.4) is 0 Å². The molecule has 0 fully saturated rings. The lowest BCUT2D eigenvalue weighted by atomic mass is 9.91. The number of aryl methyl sites for hydroxylation is 1. The first-order valence-electron chi connectivity index (χ1n) is 7.12. The summed E-state index contributed by atoms with van der Waals surface area (Å²) in [7, 11) is 0. The van der Waals surface area contributed by atoms with Crippen LogP contribution < -0.4 is 5.43 Å². The number of hydrogen-bond donors (Lipinski definition) is 0. The van der Waals surface area contributed by atoms with Crippen molar-refractivity contribution in [1.82, 2.24) is 0 Å². The van der Waals surface area contributed by atoms with Crippen LogP contribution in [0.4, 0.5) is 0 Å². The number of para-hydroxylation sites is 1. The minimum atomic E-state index is -0.122. The predicted molar refractivity (Wildman–Crippen MR) is 82.3 cm³/mol. The summed E-state index contributed by atoms with van der Waals surface area (Å²) in [6.07, 6.45) is 9.86. The molecule has 0 spiro atoms. The second-order valence-electron chi connectivity index (χ2n) is 5.32. The average molecular weight is 289 g/mol. The van der Waals surface area contributed by atoms with E-state index in [0.717, 1.165) is 6.42 Å². The number of allylic oxidation sites excluding steroid dienone is 2. The molecular weight excluding hydrogens is 272 g/mol. The summed E-state index contributed by atoms with van der Waals surface area (Å²) < 4.78 is 5.81. The zero-order chi connectivity index (χ0) is 13.9. The highest BCUT2D eigenvalue weighted by molar-refractivity contribution is 6.31. The van der Waals surface area contributed by atoms with Gasteiger partial charge in [0, 0.05) is 6.42 Å². The molecule has 3 heteroatoms. The van der Waals surface area contributed by atoms with E-state index in [9.17, 15) is 4.79 Å². The Morgan fingerprint density at radius 3 is 2.95 bits per heavy atom. The lowest BCUT2D eigenvalue weighted by Gasteiger charge is -2.15. The van der Waals surface area contributed by atoms with E-state index in [1.807, 2.05) is 18.2 Å². The Balaban J connectivity index is 1.87. The molecular formula is C17H17ClO2. The van der Waals surface area contributed by atoms with E-state index in [1.54, 1.807) is 6.07 Å². The first-order chi connectivity index (χ1) is 9.75. The van der Waals surface area contributed by atoms with E-state index < -0.39 is 0 Å². The molecule has 0 bridgehead atoms. The molecule has 0 N–H and O–H groups in total. The Morgan fingerprint density at radius 2 is 2.15 bits per heavy atom. The second-order valence-corrected chi connectivity index (χ2v) is 5.70. The molecule has 20 heavy (non-hydrogen) atoms. The zero-order valence-electron chi connectivity index (χ0n) is 11.3. The standard InChI is InChI=1S/C17H17ClO2/c18-16-15(11-10-12-6-2-1-3-7-12)20-14-9-5-4-8-13(14)17(16)19/h2,4-6,8-9,12H,1,3,7,10-11H2. The van der Waals surface area contributed by atoms with Crippen molar-refractivity contribution in [2.75, 3.05) is 0 Å². The van der Waals surface area contributed by atoms with Gasteiger partial charge in [-0.05, 0) is 43.7 Å². The molecule has 0 saturated carbocycles. The van der Waals surface area contributed by atoms with Crippen LogP contribution in [0.1, 0.15) is 31.4 Å². The Labute approximate surface area is 123 Å². The molecule has 1 aliphatic rings. The third-order valence-corrected chi connectivity index (χ3v) is 4.29. The van der Waals surface area contributed by atoms with E-state index >= 15 is 0 Å². The molecule has 0 amide bonds. The normalized spacial score (nSPS) is 18.6. The molecule has 104 valence electrons. The van der Waals surface area contributed by atoms with Crippen LogP contribution in [0.5, 0.6) is 0 Å². The lowest BCUT2D eigenvalue weighted by Crippen LogP contribution is -2.08. The van der Waals surface area contributed by atoms with Crippen molar-refractivity contribution in [2.24, 2.45) is 5.92 Å². The third kappa shape index (κ3) is 2.66. The van der Waals surface area contributed by atoms with Crippen LogP contribution in [-0.2, 0) is 6.42 Å². The van der Waals surface area contributed by atoms with Crippen molar-refractivity contribution in [1.29, 1.82) is 0 Å². The number of halogens is 1. The minimum absolute atomic E-state index is 0.122. The number of rotatable bonds is 3. The summed E-state index contributed by atoms with van der Waals surface area (Å²) in [4.78, 5) is 12.2. The molecule has 0 saturated heterocycles. The molecule has 1 aliphatic carbocycles. The average Bonchev–Trinajstić information content (AvgIpc) is 2.50. The fourth-order valence-corrected chi connectivity index (χ4v) is 3.00. The van der Waals surface area contributed by atoms with Gasteiger partial charge in [0.05, 0.1) is 5.39 Å². The first-order valence-corrected chi connectivity index (χ1v) is 7.50. The summed E-state index contributed by atoms with van der Waals surface area (Å²) >= 11 is 6.17. The van der Waals surface area contributed by atoms with Crippen molar-refractivity contribution >= 4 is 22.6 Å². The third-order valence-electron chi connectivity index (χ3n) is 3.91. The Bertz CT molecular complexity index is 700. The molecule has 2 aromatic rings. The topological polar surface area (TPSA) is 30.2 Å². The highest BCUT2D eigenvalue weighted by atomic mass is 35.5. The van der Waals surface area contributed by atoms with E-state index in [4.69, 9.17) is 16.0 Å². The van der Waals surface area contributed by atoms with E-state index in [2.05, 4.69) is 12.2 Å². The van der Waals surface area contributed by atoms with Gasteiger partial charge in [-0.15, -0.1) is 0 Å². The maximum Gasteiger partial charge on any atom is 0.211 e. The fourth-order valence-electron chi connectivity index (χ4n) is 2.77. The fraction of sp³-hybridized carbons (Fsp3) is 0.353. The van der Waals surface area contributed by atoms with Crippen molar-refractivity contribution in [3.05, 3.63) is 57.4 Å². The van der Waals surface area contributed by atoms with Gasteiger partial charge in [0.2, 0.25) is 5.43 Å². The molecule has 3 rings (SSSR count). The second kappa shape index (κ2) is 5.84. The van der Waals surface area contributed by atoms with Crippen LogP contribution in [-0.4, -0.2) is 0 Å². The van der Waals surface area contributed by atoms with Gasteiger partial charge >= 0.3 is 0 Å². The van der Waals surface area contributed by atoms with Gasteiger partial charge in [-0.3, -0.25) is 4.79 Å². The molecule has 1 aromatic heterocycles. The first kappa shape index (κ1) is 13.4. The van der Waals surface area contributed by atoms with Crippen molar-refractivity contribution in [3.8, 4) is 0 Å². The van der Waals surface area contributed by atoms with Crippen LogP contribution in [0.15, 0.2) is 45.6 Å². The van der Waals surface area contributed by atoms with E-state index in [1.165, 1.54) is 19.3 Å². The van der Waals surface area contributed by atoms with Gasteiger partial charge in [0.15, 0.2) is 0 Å². The van der Waals surface area contributed by atoms with Crippen LogP contribution in [0, 0.1) is 5.92 Å². The Hall–Kier alpha value is -1.54. The van der Waals surface area contributed by atoms with Gasteiger partial charge in [0.1, 0.15) is 16.4 Å². The number of fused-ring (bicyclic) bond motifs is 1. The maximum absolute atomic E-state index is 12.2. The van der Waals surface area contributed by atoms with Crippen molar-refractivity contribution in [2.45, 2.75) is 32.1 Å². The highest BCUT2D eigenvalue weighted by Crippen LogP contribution is 2.25. The van der Waals surface area contributed by atoms with E-state index in [0.29, 0.717) is 29.1 Å². The Morgan fingerprint density at radius 1 is 1.30 bits per heavy atom. The van der Waals surface area contributed by atoms with Gasteiger partial charge in [-0.2, -0.15) is 0 Å². The molecule has 1 unspecified atom stereocenters. The van der Waals surface area contributed by atoms with Gasteiger partial charge in [-0.25, -0.2) is 0 Å². The molecule has 1 aromatic carbocycles. The summed E-state index contributed by atoms with van der Waals surface area (Å²) in [5.74, 6) is 1.20. The van der Waals surface area contributed by atoms with Crippen molar-refractivity contribution in [3.63, 3.8) is 0 Å². The predicted octanol–water partition coefficient (Wildman–Crippen LogP) is 4.74. The quantitative estimate of drug-likeness (QED) is 0.764. The monoisotopic (exact) mass is 288 g/mol. The van der Waals surface area contributed by atoms with Crippen molar-refractivity contribution < 1.29 is 4.42 Å². The maximum atomic E-state index is 12.2. The van der Waals surface area contributed by atoms with Crippen LogP contribution in [0.2, 0.25) is 5.02 Å².